The Labute approximate surface area is 108 Å². The summed E-state index contributed by atoms with van der Waals surface area (Å²) in [5.74, 6) is 0.235. The van der Waals surface area contributed by atoms with E-state index < -0.39 is 0 Å². The quantitative estimate of drug-likeness (QED) is 0.826. The number of halogens is 1. The number of fused-ring (bicyclic) bond motifs is 3. The smallest absolute Gasteiger partial charge is 0.255 e. The van der Waals surface area contributed by atoms with E-state index in [4.69, 9.17) is 0 Å². The molecule has 1 fully saturated rings. The lowest BCUT2D eigenvalue weighted by molar-refractivity contribution is 0.0690. The van der Waals surface area contributed by atoms with Crippen molar-refractivity contribution in [2.24, 2.45) is 0 Å². The molecule has 1 atom stereocenters. The summed E-state index contributed by atoms with van der Waals surface area (Å²) in [5.41, 5.74) is 3.38. The van der Waals surface area contributed by atoms with Gasteiger partial charge in [0.2, 0.25) is 0 Å². The first kappa shape index (κ1) is 12.4. The van der Waals surface area contributed by atoms with Gasteiger partial charge in [-0.15, -0.1) is 12.4 Å². The number of rotatable bonds is 1. The lowest BCUT2D eigenvalue weighted by Crippen LogP contribution is -2.44. The Morgan fingerprint density at radius 2 is 2.29 bits per heavy atom. The van der Waals surface area contributed by atoms with Crippen molar-refractivity contribution in [3.8, 4) is 0 Å². The number of benzene rings is 1. The minimum atomic E-state index is 0. The van der Waals surface area contributed by atoms with E-state index in [1.54, 1.807) is 0 Å². The molecular formula is C13H17ClN2O. The van der Waals surface area contributed by atoms with Crippen LogP contribution in [0.1, 0.15) is 34.5 Å². The summed E-state index contributed by atoms with van der Waals surface area (Å²) in [5, 5.41) is 3.36. The lowest BCUT2D eigenvalue weighted by atomic mass is 9.98. The van der Waals surface area contributed by atoms with Gasteiger partial charge >= 0.3 is 0 Å². The molecule has 1 saturated heterocycles. The maximum Gasteiger partial charge on any atom is 0.255 e. The van der Waals surface area contributed by atoms with E-state index in [2.05, 4.69) is 30.4 Å². The van der Waals surface area contributed by atoms with Crippen molar-refractivity contribution in [3.63, 3.8) is 0 Å². The highest BCUT2D eigenvalue weighted by molar-refractivity contribution is 6.00. The van der Waals surface area contributed by atoms with E-state index in [-0.39, 0.29) is 24.4 Å². The van der Waals surface area contributed by atoms with Gasteiger partial charge in [-0.2, -0.15) is 0 Å². The molecule has 1 N–H and O–H groups in total. The molecule has 3 rings (SSSR count). The molecule has 1 aromatic rings. The predicted octanol–water partition coefficient (Wildman–Crippen LogP) is 1.77. The third-order valence-corrected chi connectivity index (χ3v) is 3.64. The molecule has 17 heavy (non-hydrogen) atoms. The number of carbonyl (C=O) groups excluding carboxylic acids is 1. The Balaban J connectivity index is 0.00000108. The van der Waals surface area contributed by atoms with Gasteiger partial charge < -0.3 is 10.2 Å². The van der Waals surface area contributed by atoms with Gasteiger partial charge in [-0.1, -0.05) is 25.1 Å². The molecule has 0 bridgehead atoms. The topological polar surface area (TPSA) is 32.3 Å². The van der Waals surface area contributed by atoms with E-state index >= 15 is 0 Å². The molecule has 0 radical (unpaired) electrons. The first-order chi connectivity index (χ1) is 7.83. The van der Waals surface area contributed by atoms with Gasteiger partial charge in [0.25, 0.3) is 5.91 Å². The van der Waals surface area contributed by atoms with E-state index in [0.717, 1.165) is 31.6 Å². The van der Waals surface area contributed by atoms with Gasteiger partial charge in [0.1, 0.15) is 0 Å². The minimum Gasteiger partial charge on any atom is -0.329 e. The third kappa shape index (κ3) is 1.74. The van der Waals surface area contributed by atoms with Crippen molar-refractivity contribution in [2.75, 3.05) is 19.6 Å². The van der Waals surface area contributed by atoms with Crippen LogP contribution in [0.2, 0.25) is 0 Å². The molecule has 3 nitrogen and oxygen atoms in total. The van der Waals surface area contributed by atoms with Crippen LogP contribution < -0.4 is 5.32 Å². The van der Waals surface area contributed by atoms with Crippen LogP contribution in [0.25, 0.3) is 0 Å². The van der Waals surface area contributed by atoms with Crippen LogP contribution in [0, 0.1) is 0 Å². The summed E-state index contributed by atoms with van der Waals surface area (Å²) < 4.78 is 0. The molecule has 0 aliphatic carbocycles. The standard InChI is InChI=1S/C13H16N2O.ClH/c1-2-9-4-3-5-10-11-8-14-6-7-15(11)13(16)12(9)10;/h3-5,11,14H,2,6-8H2,1H3;1H/t11-;/m0./s1. The summed E-state index contributed by atoms with van der Waals surface area (Å²) in [6, 6.07) is 6.51. The van der Waals surface area contributed by atoms with Gasteiger partial charge in [-0.3, -0.25) is 4.79 Å². The maximum atomic E-state index is 12.3. The fourth-order valence-electron chi connectivity index (χ4n) is 2.82. The van der Waals surface area contributed by atoms with Crippen molar-refractivity contribution < 1.29 is 4.79 Å². The number of carbonyl (C=O) groups is 1. The number of nitrogens with zero attached hydrogens (tertiary/aromatic N) is 1. The number of nitrogens with one attached hydrogen (secondary N) is 1. The van der Waals surface area contributed by atoms with Crippen molar-refractivity contribution in [1.29, 1.82) is 0 Å². The molecule has 2 aliphatic rings. The van der Waals surface area contributed by atoms with Crippen molar-refractivity contribution in [2.45, 2.75) is 19.4 Å². The predicted molar refractivity (Wildman–Crippen MR) is 69.7 cm³/mol. The molecule has 1 aromatic carbocycles. The van der Waals surface area contributed by atoms with Gasteiger partial charge in [0.05, 0.1) is 6.04 Å². The first-order valence-electron chi connectivity index (χ1n) is 5.96. The molecule has 4 heteroatoms. The van der Waals surface area contributed by atoms with E-state index in [1.165, 1.54) is 11.1 Å². The molecule has 2 aliphatic heterocycles. The van der Waals surface area contributed by atoms with Crippen molar-refractivity contribution >= 4 is 18.3 Å². The Kier molecular flexibility index (Phi) is 3.40. The van der Waals surface area contributed by atoms with Crippen LogP contribution >= 0.6 is 12.4 Å². The number of aryl methyl sites for hydroxylation is 1. The molecule has 0 spiro atoms. The fourth-order valence-corrected chi connectivity index (χ4v) is 2.82. The summed E-state index contributed by atoms with van der Waals surface area (Å²) in [6.07, 6.45) is 0.933. The van der Waals surface area contributed by atoms with Crippen LogP contribution in [0.4, 0.5) is 0 Å². The molecule has 1 amide bonds. The van der Waals surface area contributed by atoms with Crippen LogP contribution in [-0.4, -0.2) is 30.4 Å². The van der Waals surface area contributed by atoms with E-state index in [0.29, 0.717) is 0 Å². The lowest BCUT2D eigenvalue weighted by Gasteiger charge is -2.30. The van der Waals surface area contributed by atoms with Gasteiger partial charge in [0, 0.05) is 25.2 Å². The molecule has 92 valence electrons. The van der Waals surface area contributed by atoms with Crippen LogP contribution in [0.5, 0.6) is 0 Å². The van der Waals surface area contributed by atoms with Crippen LogP contribution in [0.15, 0.2) is 18.2 Å². The summed E-state index contributed by atoms with van der Waals surface area (Å²) in [6.45, 7) is 4.75. The normalized spacial score (nSPS) is 21.8. The Bertz CT molecular complexity index is 447. The summed E-state index contributed by atoms with van der Waals surface area (Å²) in [7, 11) is 0. The summed E-state index contributed by atoms with van der Waals surface area (Å²) >= 11 is 0. The highest BCUT2D eigenvalue weighted by Crippen LogP contribution is 2.36. The fraction of sp³-hybridized carbons (Fsp3) is 0.462. The monoisotopic (exact) mass is 252 g/mol. The zero-order valence-electron chi connectivity index (χ0n) is 9.90. The molecule has 0 unspecified atom stereocenters. The second-order valence-electron chi connectivity index (χ2n) is 4.45. The van der Waals surface area contributed by atoms with Gasteiger partial charge in [-0.05, 0) is 17.5 Å². The van der Waals surface area contributed by atoms with E-state index in [1.807, 2.05) is 4.90 Å². The summed E-state index contributed by atoms with van der Waals surface area (Å²) in [4.78, 5) is 14.3. The van der Waals surface area contributed by atoms with Crippen molar-refractivity contribution in [3.05, 3.63) is 34.9 Å². The number of amides is 1. The minimum absolute atomic E-state index is 0. The maximum absolute atomic E-state index is 12.3. The molecule has 0 aromatic heterocycles. The number of hydrogen-bond acceptors (Lipinski definition) is 2. The number of hydrogen-bond donors (Lipinski definition) is 1. The van der Waals surface area contributed by atoms with Crippen molar-refractivity contribution in [1.82, 2.24) is 10.2 Å². The second-order valence-corrected chi connectivity index (χ2v) is 4.45. The first-order valence-corrected chi connectivity index (χ1v) is 5.96. The average Bonchev–Trinajstić information content (AvgIpc) is 2.64. The zero-order chi connectivity index (χ0) is 11.1. The average molecular weight is 253 g/mol. The highest BCUT2D eigenvalue weighted by atomic mass is 35.5. The zero-order valence-corrected chi connectivity index (χ0v) is 10.7. The van der Waals surface area contributed by atoms with Gasteiger partial charge in [-0.25, -0.2) is 0 Å². The Morgan fingerprint density at radius 1 is 1.47 bits per heavy atom. The second kappa shape index (κ2) is 4.67. The molecular weight excluding hydrogens is 236 g/mol. The molecule has 0 saturated carbocycles. The third-order valence-electron chi connectivity index (χ3n) is 3.64. The highest BCUT2D eigenvalue weighted by Gasteiger charge is 2.38. The van der Waals surface area contributed by atoms with Gasteiger partial charge in [0.15, 0.2) is 0 Å². The van der Waals surface area contributed by atoms with Crippen LogP contribution in [0.3, 0.4) is 0 Å². The Hall–Kier alpha value is -1.06. The Morgan fingerprint density at radius 3 is 3.06 bits per heavy atom. The van der Waals surface area contributed by atoms with Crippen LogP contribution in [-0.2, 0) is 6.42 Å². The van der Waals surface area contributed by atoms with E-state index in [9.17, 15) is 4.79 Å². The SMILES string of the molecule is CCc1cccc2c1C(=O)N1CCNC[C@@H]21.Cl. The number of piperazine rings is 1. The molecule has 2 heterocycles. The largest absolute Gasteiger partial charge is 0.329 e.